The van der Waals surface area contributed by atoms with Gasteiger partial charge in [0.25, 0.3) is 11.9 Å². The van der Waals surface area contributed by atoms with E-state index in [0.717, 1.165) is 25.0 Å². The van der Waals surface area contributed by atoms with Gasteiger partial charge in [-0.05, 0) is 100 Å². The summed E-state index contributed by atoms with van der Waals surface area (Å²) in [7, 11) is 0. The Morgan fingerprint density at radius 3 is 2.29 bits per heavy atom. The second kappa shape index (κ2) is 13.9. The summed E-state index contributed by atoms with van der Waals surface area (Å²) in [5.41, 5.74) is 13.3. The molecule has 0 bridgehead atoms. The molecule has 0 unspecified atom stereocenters. The molecule has 0 radical (unpaired) electrons. The van der Waals surface area contributed by atoms with Crippen LogP contribution in [0.15, 0.2) is 93.7 Å². The fourth-order valence-corrected chi connectivity index (χ4v) is 6.09. The van der Waals surface area contributed by atoms with Crippen LogP contribution in [-0.4, -0.2) is 17.9 Å². The Morgan fingerprint density at radius 2 is 1.67 bits per heavy atom. The molecule has 232 valence electrons. The number of amides is 3. The highest BCUT2D eigenvalue weighted by molar-refractivity contribution is 7.08. The van der Waals surface area contributed by atoms with E-state index >= 15 is 0 Å². The average Bonchev–Trinajstić information content (AvgIpc) is 3.59. The Hall–Kier alpha value is -4.84. The molecule has 1 heterocycles. The van der Waals surface area contributed by atoms with Crippen LogP contribution in [-0.2, 0) is 12.7 Å². The molecule has 4 aromatic rings. The van der Waals surface area contributed by atoms with Crippen molar-refractivity contribution in [2.75, 3.05) is 10.2 Å². The predicted molar refractivity (Wildman–Crippen MR) is 169 cm³/mol. The van der Waals surface area contributed by atoms with Gasteiger partial charge in [-0.15, -0.1) is 5.53 Å². The highest BCUT2D eigenvalue weighted by atomic mass is 32.1. The maximum Gasteiger partial charge on any atom is 0.416 e. The zero-order chi connectivity index (χ0) is 32.0. The van der Waals surface area contributed by atoms with E-state index in [9.17, 15) is 22.8 Å². The summed E-state index contributed by atoms with van der Waals surface area (Å²) in [4.78, 5) is 31.2. The van der Waals surface area contributed by atoms with Crippen LogP contribution >= 0.6 is 11.3 Å². The zero-order valence-electron chi connectivity index (χ0n) is 24.3. The minimum atomic E-state index is -4.60. The van der Waals surface area contributed by atoms with E-state index in [4.69, 9.17) is 11.3 Å². The van der Waals surface area contributed by atoms with E-state index in [0.29, 0.717) is 28.3 Å². The van der Waals surface area contributed by atoms with Crippen molar-refractivity contribution in [3.8, 4) is 11.1 Å². The molecule has 0 atom stereocenters. The number of rotatable bonds is 7. The lowest BCUT2D eigenvalue weighted by molar-refractivity contribution is -0.207. The maximum absolute atomic E-state index is 13.8. The molecule has 0 aliphatic heterocycles. The summed E-state index contributed by atoms with van der Waals surface area (Å²) in [5.74, 6) is -0.531. The van der Waals surface area contributed by atoms with Gasteiger partial charge in [0, 0.05) is 22.1 Å². The third-order valence-corrected chi connectivity index (χ3v) is 8.47. The minimum Gasteiger partial charge on any atom is -0.363 e. The number of hydrogen-bond acceptors (Lipinski definition) is 3. The van der Waals surface area contributed by atoms with Gasteiger partial charge in [-0.3, -0.25) is 9.69 Å². The van der Waals surface area contributed by atoms with Crippen LogP contribution in [0.25, 0.3) is 11.1 Å². The number of guanidine groups is 1. The molecule has 3 amide bonds. The van der Waals surface area contributed by atoms with Gasteiger partial charge in [-0.25, -0.2) is 4.79 Å². The number of carbonyl (C=O) groups excluding carboxylic acids is 2. The SMILES string of the molecule is NC(N=[NH2+])=NC(=O)c1ccc(CN(C(=O)Nc2cc(-c3ccsc3)cc(C(F)(F)F)c2)c2ccc(C3CCCCC3)cc2)cc1. The van der Waals surface area contributed by atoms with Crippen molar-refractivity contribution < 1.29 is 28.3 Å². The average molecular weight is 634 g/mol. The number of nitrogens with zero attached hydrogens (tertiary/aromatic N) is 3. The van der Waals surface area contributed by atoms with Crippen molar-refractivity contribution in [3.63, 3.8) is 0 Å². The van der Waals surface area contributed by atoms with Crippen LogP contribution in [0.3, 0.4) is 0 Å². The second-order valence-electron chi connectivity index (χ2n) is 10.9. The monoisotopic (exact) mass is 633 g/mol. The molecule has 45 heavy (non-hydrogen) atoms. The van der Waals surface area contributed by atoms with Crippen molar-refractivity contribution in [1.82, 2.24) is 0 Å². The number of hydrogen-bond donors (Lipinski definition) is 3. The number of halogens is 3. The Labute approximate surface area is 262 Å². The van der Waals surface area contributed by atoms with Gasteiger partial charge < -0.3 is 11.1 Å². The summed E-state index contributed by atoms with van der Waals surface area (Å²) in [6, 6.07) is 18.8. The van der Waals surface area contributed by atoms with E-state index in [-0.39, 0.29) is 23.8 Å². The summed E-state index contributed by atoms with van der Waals surface area (Å²) in [5, 5.41) is 9.39. The fourth-order valence-electron chi connectivity index (χ4n) is 5.43. The smallest absolute Gasteiger partial charge is 0.363 e. The summed E-state index contributed by atoms with van der Waals surface area (Å²) < 4.78 is 41.5. The lowest BCUT2D eigenvalue weighted by Crippen LogP contribution is -2.34. The zero-order valence-corrected chi connectivity index (χ0v) is 25.1. The maximum atomic E-state index is 13.8. The third-order valence-electron chi connectivity index (χ3n) is 7.78. The number of aliphatic imine (C=N–C) groups is 1. The van der Waals surface area contributed by atoms with Crippen LogP contribution in [0.1, 0.15) is 65.1 Å². The molecular formula is C33H32F3N6O2S+. The first-order chi connectivity index (χ1) is 21.6. The fraction of sp³-hybridized carbons (Fsp3) is 0.242. The summed E-state index contributed by atoms with van der Waals surface area (Å²) in [6.45, 7) is 0.0724. The molecule has 1 aliphatic rings. The van der Waals surface area contributed by atoms with Gasteiger partial charge in [-0.1, -0.05) is 43.5 Å². The first-order valence-corrected chi connectivity index (χ1v) is 15.4. The largest absolute Gasteiger partial charge is 0.416 e. The van der Waals surface area contributed by atoms with Crippen LogP contribution in [0.5, 0.6) is 0 Å². The van der Waals surface area contributed by atoms with Crippen molar-refractivity contribution >= 4 is 40.6 Å². The number of benzene rings is 3. The first kappa shape index (κ1) is 31.6. The van der Waals surface area contributed by atoms with Gasteiger partial charge in [-0.2, -0.15) is 29.5 Å². The van der Waals surface area contributed by atoms with Crippen LogP contribution in [0.4, 0.5) is 29.3 Å². The van der Waals surface area contributed by atoms with E-state index in [1.165, 1.54) is 59.3 Å². The van der Waals surface area contributed by atoms with Gasteiger partial charge in [0.15, 0.2) is 0 Å². The standard InChI is InChI=1S/C33H31F3N6O2S/c34-33(35,36)27-16-26(25-14-15-45-20-25)17-28(18-27)39-32(44)42(29-12-10-23(11-13-29)22-4-2-1-3-5-22)19-21-6-8-24(9-7-21)30(43)40-31(37)41-38/h6-18,20,22,38H,1-5,19H2,(H,39,44)(H2,37,40,43)/p+1. The molecule has 5 N–H and O–H groups in total. The number of thiophene rings is 1. The van der Waals surface area contributed by atoms with Gasteiger partial charge in [0.2, 0.25) is 0 Å². The number of nitrogens with two attached hydrogens (primary N) is 2. The number of carbonyl (C=O) groups is 2. The van der Waals surface area contributed by atoms with E-state index < -0.39 is 23.7 Å². The number of alkyl halides is 3. The molecule has 1 saturated carbocycles. The predicted octanol–water partition coefficient (Wildman–Crippen LogP) is 7.39. The van der Waals surface area contributed by atoms with Crippen LogP contribution < -0.4 is 21.5 Å². The van der Waals surface area contributed by atoms with E-state index in [1.807, 2.05) is 24.3 Å². The minimum absolute atomic E-state index is 0.0153. The Kier molecular flexibility index (Phi) is 9.72. The van der Waals surface area contributed by atoms with Crippen LogP contribution in [0, 0.1) is 0 Å². The van der Waals surface area contributed by atoms with Crippen molar-refractivity contribution in [2.24, 2.45) is 15.8 Å². The second-order valence-corrected chi connectivity index (χ2v) is 11.6. The van der Waals surface area contributed by atoms with Crippen molar-refractivity contribution in [1.29, 1.82) is 0 Å². The molecule has 1 aliphatic carbocycles. The summed E-state index contributed by atoms with van der Waals surface area (Å²) >= 11 is 1.37. The highest BCUT2D eigenvalue weighted by Gasteiger charge is 2.32. The molecule has 8 nitrogen and oxygen atoms in total. The molecule has 0 spiro atoms. The third kappa shape index (κ3) is 8.01. The van der Waals surface area contributed by atoms with E-state index in [1.54, 1.807) is 29.0 Å². The van der Waals surface area contributed by atoms with E-state index in [2.05, 4.69) is 15.4 Å². The molecule has 0 saturated heterocycles. The quantitative estimate of drug-likeness (QED) is 0.112. The first-order valence-electron chi connectivity index (χ1n) is 14.4. The number of urea groups is 1. The summed E-state index contributed by atoms with van der Waals surface area (Å²) in [6.07, 6.45) is 1.23. The topological polar surface area (TPSA) is 126 Å². The Morgan fingerprint density at radius 1 is 0.956 bits per heavy atom. The van der Waals surface area contributed by atoms with Gasteiger partial charge >= 0.3 is 12.2 Å². The molecule has 5 rings (SSSR count). The number of anilines is 2. The lowest BCUT2D eigenvalue weighted by Gasteiger charge is -2.26. The van der Waals surface area contributed by atoms with Crippen LogP contribution in [0.2, 0.25) is 0 Å². The molecule has 1 fully saturated rings. The van der Waals surface area contributed by atoms with Gasteiger partial charge in [0.1, 0.15) is 0 Å². The normalized spacial score (nSPS) is 14.2. The molecule has 3 aromatic carbocycles. The highest BCUT2D eigenvalue weighted by Crippen LogP contribution is 2.36. The number of nitrogens with one attached hydrogen (secondary N) is 1. The molecule has 1 aromatic heterocycles. The molecular weight excluding hydrogens is 601 g/mol. The Bertz CT molecular complexity index is 1680. The van der Waals surface area contributed by atoms with Gasteiger partial charge in [0.05, 0.1) is 12.1 Å². The lowest BCUT2D eigenvalue weighted by atomic mass is 9.84. The van der Waals surface area contributed by atoms with Crippen molar-refractivity contribution in [2.45, 2.75) is 50.7 Å². The molecule has 12 heteroatoms. The Balaban J connectivity index is 1.45. The van der Waals surface area contributed by atoms with Crippen molar-refractivity contribution in [3.05, 3.63) is 106 Å².